The van der Waals surface area contributed by atoms with Gasteiger partial charge >= 0.3 is 0 Å². The summed E-state index contributed by atoms with van der Waals surface area (Å²) in [5.74, 6) is 14.0. The molecule has 1 saturated heterocycles. The Morgan fingerprint density at radius 2 is 1.57 bits per heavy atom. The molecule has 1 aliphatic heterocycles. The van der Waals surface area contributed by atoms with Gasteiger partial charge in [0.25, 0.3) is 0 Å². The van der Waals surface area contributed by atoms with E-state index in [0.717, 1.165) is 76.2 Å². The number of guanidine groups is 1. The zero-order valence-corrected chi connectivity index (χ0v) is 25.0. The predicted octanol–water partition coefficient (Wildman–Crippen LogP) is 4.53. The third kappa shape index (κ3) is 7.94. The van der Waals surface area contributed by atoms with E-state index in [-0.39, 0.29) is 11.1 Å². The minimum atomic E-state index is -0.102. The number of nitrogens with zero attached hydrogens (tertiary/aromatic N) is 6. The number of aliphatic imine (C=N–C) groups is 1. The lowest BCUT2D eigenvalue weighted by molar-refractivity contribution is 0.320. The lowest BCUT2D eigenvalue weighted by atomic mass is 9.81. The number of imidazole rings is 1. The van der Waals surface area contributed by atoms with E-state index in [0.29, 0.717) is 5.92 Å². The monoisotopic (exact) mass is 506 g/mol. The Morgan fingerprint density at radius 3 is 2.24 bits per heavy atom. The summed E-state index contributed by atoms with van der Waals surface area (Å²) in [5.41, 5.74) is 3.80. The maximum Gasteiger partial charge on any atom is 0.205 e. The number of hydrogen-bond donors (Lipinski definition) is 0. The molecule has 6 nitrogen and oxygen atoms in total. The minimum Gasteiger partial charge on any atom is -0.344 e. The summed E-state index contributed by atoms with van der Waals surface area (Å²) in [6, 6.07) is 0. The molecular weight excluding hydrogens is 456 g/mol. The van der Waals surface area contributed by atoms with Crippen molar-refractivity contribution in [2.45, 2.75) is 104 Å². The highest BCUT2D eigenvalue weighted by Gasteiger charge is 2.32. The number of likely N-dealkylation sites (N-methyl/N-ethyl adjacent to an activating group) is 1. The molecule has 1 aromatic rings. The number of fused-ring (bicyclic) bond motifs is 1. The summed E-state index contributed by atoms with van der Waals surface area (Å²) in [5, 5.41) is 0. The van der Waals surface area contributed by atoms with Crippen LogP contribution < -0.4 is 5.62 Å². The van der Waals surface area contributed by atoms with Crippen molar-refractivity contribution in [1.29, 1.82) is 0 Å². The molecule has 0 bridgehead atoms. The molecule has 6 heteroatoms. The van der Waals surface area contributed by atoms with Crippen LogP contribution in [-0.4, -0.2) is 62.7 Å². The van der Waals surface area contributed by atoms with E-state index in [1.165, 1.54) is 17.8 Å². The van der Waals surface area contributed by atoms with Gasteiger partial charge in [0.2, 0.25) is 5.62 Å². The Labute approximate surface area is 226 Å². The molecule has 0 saturated carbocycles. The van der Waals surface area contributed by atoms with Gasteiger partial charge < -0.3 is 18.9 Å². The molecule has 1 atom stereocenters. The van der Waals surface area contributed by atoms with Crippen molar-refractivity contribution in [3.05, 3.63) is 17.0 Å². The third-order valence-electron chi connectivity index (χ3n) is 7.31. The van der Waals surface area contributed by atoms with E-state index in [1.807, 2.05) is 0 Å². The molecule has 0 N–H and O–H groups in total. The second kappa shape index (κ2) is 12.3. The van der Waals surface area contributed by atoms with Crippen molar-refractivity contribution in [2.75, 3.05) is 26.7 Å². The standard InChI is InChI=1S/C31H50N6/c1-10-11-12-13-14-15-16-17-20-37-22-21-34(7)28(37)33-31(5,6)24-25-18-19-26-27(23-25)36(9)29(35(26)8)32-30(2,3)4/h25H,10-11,16-24H2,1-9H3/b32-29?,33-28+. The maximum absolute atomic E-state index is 5.34. The summed E-state index contributed by atoms with van der Waals surface area (Å²) in [6.45, 7) is 16.4. The van der Waals surface area contributed by atoms with E-state index >= 15 is 0 Å². The highest BCUT2D eigenvalue weighted by Crippen LogP contribution is 2.32. The largest absolute Gasteiger partial charge is 0.344 e. The second-order valence-electron chi connectivity index (χ2n) is 12.5. The highest BCUT2D eigenvalue weighted by atomic mass is 15.4. The van der Waals surface area contributed by atoms with E-state index in [9.17, 15) is 0 Å². The molecule has 0 aromatic carbocycles. The Kier molecular flexibility index (Phi) is 9.63. The van der Waals surface area contributed by atoms with Gasteiger partial charge in [0.15, 0.2) is 5.96 Å². The van der Waals surface area contributed by atoms with E-state index in [4.69, 9.17) is 9.98 Å². The van der Waals surface area contributed by atoms with E-state index in [1.54, 1.807) is 0 Å². The summed E-state index contributed by atoms with van der Waals surface area (Å²) in [4.78, 5) is 15.1. The molecule has 1 aromatic heterocycles. The van der Waals surface area contributed by atoms with Gasteiger partial charge in [0.1, 0.15) is 0 Å². The zero-order chi connectivity index (χ0) is 27.2. The van der Waals surface area contributed by atoms with Crippen LogP contribution in [0.3, 0.4) is 0 Å². The molecule has 204 valence electrons. The van der Waals surface area contributed by atoms with Crippen LogP contribution in [0.2, 0.25) is 0 Å². The molecule has 0 amide bonds. The van der Waals surface area contributed by atoms with Crippen LogP contribution in [0.15, 0.2) is 9.98 Å². The van der Waals surface area contributed by atoms with Crippen molar-refractivity contribution in [2.24, 2.45) is 30.0 Å². The van der Waals surface area contributed by atoms with Crippen LogP contribution in [-0.2, 0) is 26.9 Å². The van der Waals surface area contributed by atoms with E-state index in [2.05, 4.69) is 105 Å². The van der Waals surface area contributed by atoms with Gasteiger partial charge in [-0.15, -0.1) is 0 Å². The van der Waals surface area contributed by atoms with Crippen molar-refractivity contribution >= 4 is 5.96 Å². The molecule has 2 heterocycles. The molecule has 1 unspecified atom stereocenters. The van der Waals surface area contributed by atoms with Crippen LogP contribution in [0.4, 0.5) is 0 Å². The summed E-state index contributed by atoms with van der Waals surface area (Å²) in [6.07, 6.45) is 8.50. The second-order valence-corrected chi connectivity index (χ2v) is 12.5. The summed E-state index contributed by atoms with van der Waals surface area (Å²) < 4.78 is 4.64. The fraction of sp³-hybridized carbons (Fsp3) is 0.742. The zero-order valence-electron chi connectivity index (χ0n) is 25.0. The molecule has 3 rings (SSSR count). The van der Waals surface area contributed by atoms with Gasteiger partial charge in [-0.1, -0.05) is 18.8 Å². The normalized spacial score (nSPS) is 19.5. The fourth-order valence-electron chi connectivity index (χ4n) is 5.56. The molecule has 2 aliphatic rings. The molecule has 0 spiro atoms. The van der Waals surface area contributed by atoms with Gasteiger partial charge in [-0.05, 0) is 90.9 Å². The number of unbranched alkanes of at least 4 members (excludes halogenated alkanes) is 2. The first-order valence-corrected chi connectivity index (χ1v) is 14.2. The maximum atomic E-state index is 5.34. The summed E-state index contributed by atoms with van der Waals surface area (Å²) in [7, 11) is 6.54. The van der Waals surface area contributed by atoms with Gasteiger partial charge in [-0.2, -0.15) is 0 Å². The molecule has 1 aliphatic carbocycles. The van der Waals surface area contributed by atoms with Crippen molar-refractivity contribution < 1.29 is 0 Å². The van der Waals surface area contributed by atoms with Crippen LogP contribution in [0, 0.1) is 29.6 Å². The minimum absolute atomic E-state index is 0.0849. The number of aromatic nitrogens is 2. The van der Waals surface area contributed by atoms with Crippen molar-refractivity contribution in [3.63, 3.8) is 0 Å². The van der Waals surface area contributed by atoms with Gasteiger partial charge in [0, 0.05) is 65.0 Å². The predicted molar refractivity (Wildman–Crippen MR) is 155 cm³/mol. The van der Waals surface area contributed by atoms with Crippen LogP contribution >= 0.6 is 0 Å². The van der Waals surface area contributed by atoms with Gasteiger partial charge in [-0.3, -0.25) is 0 Å². The topological polar surface area (TPSA) is 41.1 Å². The molecule has 0 radical (unpaired) electrons. The number of rotatable bonds is 7. The fourth-order valence-corrected chi connectivity index (χ4v) is 5.56. The Bertz CT molecular complexity index is 1150. The first-order valence-electron chi connectivity index (χ1n) is 14.2. The van der Waals surface area contributed by atoms with E-state index < -0.39 is 0 Å². The van der Waals surface area contributed by atoms with Crippen LogP contribution in [0.25, 0.3) is 0 Å². The smallest absolute Gasteiger partial charge is 0.205 e. The highest BCUT2D eigenvalue weighted by molar-refractivity contribution is 5.82. The lowest BCUT2D eigenvalue weighted by Crippen LogP contribution is -2.36. The first-order chi connectivity index (χ1) is 17.4. The van der Waals surface area contributed by atoms with Crippen LogP contribution in [0.5, 0.6) is 0 Å². The van der Waals surface area contributed by atoms with Gasteiger partial charge in [-0.25, -0.2) is 9.98 Å². The Balaban J connectivity index is 1.65. The molecule has 37 heavy (non-hydrogen) atoms. The SMILES string of the molecule is CCCC#CC#CCCCN1CCN(C)/C1=N\C(C)(C)CC1CCc2c(n(C)c(=NC(C)(C)C)n2C)C1. The molecule has 1 fully saturated rings. The third-order valence-corrected chi connectivity index (χ3v) is 7.31. The van der Waals surface area contributed by atoms with Crippen molar-refractivity contribution in [3.8, 4) is 23.7 Å². The summed E-state index contributed by atoms with van der Waals surface area (Å²) >= 11 is 0. The first kappa shape index (κ1) is 29.0. The Morgan fingerprint density at radius 1 is 0.892 bits per heavy atom. The van der Waals surface area contributed by atoms with Gasteiger partial charge in [0.05, 0.1) is 11.1 Å². The average molecular weight is 507 g/mol. The lowest BCUT2D eigenvalue weighted by Gasteiger charge is -2.32. The quantitative estimate of drug-likeness (QED) is 0.403. The average Bonchev–Trinajstić information content (AvgIpc) is 3.26. The van der Waals surface area contributed by atoms with Crippen molar-refractivity contribution in [1.82, 2.24) is 18.9 Å². The molecular formula is C31H50N6. The Hall–Kier alpha value is -2.60. The number of hydrogen-bond acceptors (Lipinski definition) is 2. The van der Waals surface area contributed by atoms with Crippen LogP contribution in [0.1, 0.15) is 91.5 Å².